The number of hydrogen-bond donors (Lipinski definition) is 3. The summed E-state index contributed by atoms with van der Waals surface area (Å²) >= 11 is 0. The molecule has 0 saturated heterocycles. The first-order valence-corrected chi connectivity index (χ1v) is 11.4. The van der Waals surface area contributed by atoms with Crippen molar-refractivity contribution in [3.8, 4) is 17.3 Å². The molecule has 0 aromatic carbocycles. The number of nitrogens with two attached hydrogens (primary N) is 2. The summed E-state index contributed by atoms with van der Waals surface area (Å²) in [6.45, 7) is 6.50. The third kappa shape index (κ3) is 4.16. The monoisotopic (exact) mass is 443 g/mol. The highest BCUT2D eigenvalue weighted by molar-refractivity contribution is 5.88. The van der Waals surface area contributed by atoms with Crippen molar-refractivity contribution in [1.82, 2.24) is 24.8 Å². The standard InChI is InChI=1S/C22H33N7O3/c1-4-29-18-15(31-14(10-11-23)13-8-6-5-7-9-13)12-25-19(22(2,3)30)16(18)26-21(29)17-20(24)28-32-27-17/h12-14,30H,4-11,23H2,1-3H3,(H2,24,28). The third-order valence-corrected chi connectivity index (χ3v) is 6.26. The van der Waals surface area contributed by atoms with Crippen LogP contribution in [0.3, 0.4) is 0 Å². The molecule has 5 N–H and O–H groups in total. The summed E-state index contributed by atoms with van der Waals surface area (Å²) in [6, 6.07) is 0. The predicted molar refractivity (Wildman–Crippen MR) is 121 cm³/mol. The Morgan fingerprint density at radius 1 is 1.28 bits per heavy atom. The Kier molecular flexibility index (Phi) is 6.34. The first kappa shape index (κ1) is 22.5. The van der Waals surface area contributed by atoms with Crippen LogP contribution in [-0.2, 0) is 12.1 Å². The Bertz CT molecular complexity index is 1060. The minimum Gasteiger partial charge on any atom is -0.486 e. The fourth-order valence-corrected chi connectivity index (χ4v) is 4.71. The Labute approximate surface area is 187 Å². The molecule has 32 heavy (non-hydrogen) atoms. The van der Waals surface area contributed by atoms with E-state index in [9.17, 15) is 5.11 Å². The van der Waals surface area contributed by atoms with Crippen LogP contribution in [0, 0.1) is 5.92 Å². The van der Waals surface area contributed by atoms with Gasteiger partial charge >= 0.3 is 0 Å². The topological polar surface area (TPSA) is 151 Å². The Morgan fingerprint density at radius 3 is 2.62 bits per heavy atom. The fourth-order valence-electron chi connectivity index (χ4n) is 4.71. The van der Waals surface area contributed by atoms with Gasteiger partial charge in [0.25, 0.3) is 0 Å². The maximum Gasteiger partial charge on any atom is 0.199 e. The van der Waals surface area contributed by atoms with E-state index in [0.29, 0.717) is 47.5 Å². The molecule has 10 heteroatoms. The van der Waals surface area contributed by atoms with Gasteiger partial charge in [-0.05, 0) is 62.8 Å². The summed E-state index contributed by atoms with van der Waals surface area (Å²) in [7, 11) is 0. The fraction of sp³-hybridized carbons (Fsp3) is 0.636. The van der Waals surface area contributed by atoms with Gasteiger partial charge in [-0.25, -0.2) is 9.61 Å². The molecule has 3 aromatic rings. The van der Waals surface area contributed by atoms with Crippen molar-refractivity contribution in [2.24, 2.45) is 11.7 Å². The maximum absolute atomic E-state index is 10.8. The molecule has 1 aliphatic carbocycles. The van der Waals surface area contributed by atoms with Crippen LogP contribution < -0.4 is 16.2 Å². The Balaban J connectivity index is 1.87. The quantitative estimate of drug-likeness (QED) is 0.477. The number of anilines is 1. The van der Waals surface area contributed by atoms with Crippen molar-refractivity contribution in [3.05, 3.63) is 11.9 Å². The molecule has 4 rings (SSSR count). The first-order chi connectivity index (χ1) is 15.3. The van der Waals surface area contributed by atoms with E-state index in [1.807, 2.05) is 11.5 Å². The van der Waals surface area contributed by atoms with Gasteiger partial charge in [0.05, 0.1) is 11.9 Å². The van der Waals surface area contributed by atoms with Gasteiger partial charge in [0.1, 0.15) is 22.7 Å². The van der Waals surface area contributed by atoms with E-state index < -0.39 is 5.60 Å². The molecular weight excluding hydrogens is 410 g/mol. The number of nitrogens with zero attached hydrogens (tertiary/aromatic N) is 5. The summed E-state index contributed by atoms with van der Waals surface area (Å²) < 4.78 is 13.4. The number of ether oxygens (including phenoxy) is 1. The molecule has 0 radical (unpaired) electrons. The van der Waals surface area contributed by atoms with E-state index >= 15 is 0 Å². The number of rotatable bonds is 8. The molecule has 1 unspecified atom stereocenters. The number of aromatic nitrogens is 5. The highest BCUT2D eigenvalue weighted by Gasteiger charge is 2.31. The summed E-state index contributed by atoms with van der Waals surface area (Å²) in [6.07, 6.45) is 8.45. The van der Waals surface area contributed by atoms with Crippen LogP contribution in [0.5, 0.6) is 5.75 Å². The van der Waals surface area contributed by atoms with E-state index in [0.717, 1.165) is 24.8 Å². The number of aliphatic hydroxyl groups is 1. The van der Waals surface area contributed by atoms with Crippen LogP contribution in [0.15, 0.2) is 10.8 Å². The number of pyridine rings is 1. The molecule has 0 amide bonds. The number of nitrogen functional groups attached to an aromatic ring is 1. The highest BCUT2D eigenvalue weighted by atomic mass is 16.6. The van der Waals surface area contributed by atoms with Gasteiger partial charge < -0.3 is 25.9 Å². The minimum atomic E-state index is -1.20. The van der Waals surface area contributed by atoms with Crippen LogP contribution in [0.2, 0.25) is 0 Å². The molecule has 1 fully saturated rings. The van der Waals surface area contributed by atoms with E-state index in [1.54, 1.807) is 20.0 Å². The largest absolute Gasteiger partial charge is 0.486 e. The molecule has 1 saturated carbocycles. The van der Waals surface area contributed by atoms with Crippen LogP contribution in [-0.4, -0.2) is 42.6 Å². The lowest BCUT2D eigenvalue weighted by Gasteiger charge is -2.31. The number of aryl methyl sites for hydroxylation is 1. The molecule has 0 bridgehead atoms. The smallest absolute Gasteiger partial charge is 0.199 e. The molecule has 3 heterocycles. The van der Waals surface area contributed by atoms with Crippen molar-refractivity contribution in [1.29, 1.82) is 0 Å². The van der Waals surface area contributed by atoms with Crippen LogP contribution in [0.4, 0.5) is 5.82 Å². The second kappa shape index (κ2) is 9.03. The maximum atomic E-state index is 10.8. The summed E-state index contributed by atoms with van der Waals surface area (Å²) in [5.41, 5.74) is 12.8. The summed E-state index contributed by atoms with van der Waals surface area (Å²) in [5.74, 6) is 1.73. The predicted octanol–water partition coefficient (Wildman–Crippen LogP) is 2.99. The minimum absolute atomic E-state index is 0.000675. The molecule has 0 aliphatic heterocycles. The van der Waals surface area contributed by atoms with Gasteiger partial charge in [-0.1, -0.05) is 19.3 Å². The average Bonchev–Trinajstić information content (AvgIpc) is 3.36. The highest BCUT2D eigenvalue weighted by Crippen LogP contribution is 2.38. The average molecular weight is 444 g/mol. The lowest BCUT2D eigenvalue weighted by Crippen LogP contribution is -2.31. The normalized spacial score (nSPS) is 16.5. The van der Waals surface area contributed by atoms with Gasteiger partial charge in [0.15, 0.2) is 23.1 Å². The Morgan fingerprint density at radius 2 is 2.03 bits per heavy atom. The van der Waals surface area contributed by atoms with Gasteiger partial charge in [0.2, 0.25) is 0 Å². The zero-order valence-corrected chi connectivity index (χ0v) is 19.0. The zero-order chi connectivity index (χ0) is 22.9. The van der Waals surface area contributed by atoms with Crippen molar-refractivity contribution < 1.29 is 14.5 Å². The number of hydrogen-bond acceptors (Lipinski definition) is 9. The first-order valence-electron chi connectivity index (χ1n) is 11.4. The Hall–Kier alpha value is -2.72. The third-order valence-electron chi connectivity index (χ3n) is 6.26. The molecule has 1 atom stereocenters. The van der Waals surface area contributed by atoms with E-state index in [4.69, 9.17) is 25.8 Å². The van der Waals surface area contributed by atoms with Crippen molar-refractivity contribution in [2.45, 2.75) is 77.5 Å². The summed E-state index contributed by atoms with van der Waals surface area (Å²) in [5, 5.41) is 18.4. The molecule has 0 spiro atoms. The van der Waals surface area contributed by atoms with Crippen LogP contribution >= 0.6 is 0 Å². The van der Waals surface area contributed by atoms with Gasteiger partial charge in [-0.3, -0.25) is 4.98 Å². The second-order valence-electron chi connectivity index (χ2n) is 9.04. The SMILES string of the molecule is CCn1c(-c2nonc2N)nc2c(C(C)(C)O)ncc(OC(CCN)C3CCCCC3)c21. The lowest BCUT2D eigenvalue weighted by molar-refractivity contribution is 0.0748. The van der Waals surface area contributed by atoms with Crippen molar-refractivity contribution in [2.75, 3.05) is 12.3 Å². The zero-order valence-electron chi connectivity index (χ0n) is 19.0. The van der Waals surface area contributed by atoms with Crippen LogP contribution in [0.25, 0.3) is 22.6 Å². The van der Waals surface area contributed by atoms with Crippen LogP contribution in [0.1, 0.15) is 65.0 Å². The lowest BCUT2D eigenvalue weighted by atomic mass is 9.84. The van der Waals surface area contributed by atoms with Gasteiger partial charge in [-0.2, -0.15) is 0 Å². The number of fused-ring (bicyclic) bond motifs is 1. The van der Waals surface area contributed by atoms with Crippen molar-refractivity contribution in [3.63, 3.8) is 0 Å². The molecule has 3 aromatic heterocycles. The van der Waals surface area contributed by atoms with Gasteiger partial charge in [0, 0.05) is 6.54 Å². The molecule has 174 valence electrons. The second-order valence-corrected chi connectivity index (χ2v) is 9.04. The molecular formula is C22H33N7O3. The summed E-state index contributed by atoms with van der Waals surface area (Å²) in [4.78, 5) is 9.33. The molecule has 1 aliphatic rings. The van der Waals surface area contributed by atoms with E-state index in [-0.39, 0.29) is 11.9 Å². The van der Waals surface area contributed by atoms with Crippen molar-refractivity contribution >= 4 is 16.9 Å². The van der Waals surface area contributed by atoms with E-state index in [2.05, 4.69) is 15.3 Å². The van der Waals surface area contributed by atoms with E-state index in [1.165, 1.54) is 19.3 Å². The molecule has 10 nitrogen and oxygen atoms in total. The van der Waals surface area contributed by atoms with Gasteiger partial charge in [-0.15, -0.1) is 0 Å². The number of imidazole rings is 1.